The van der Waals surface area contributed by atoms with Crippen molar-refractivity contribution in [3.63, 3.8) is 0 Å². The molecular weight excluding hydrogens is 124 g/mol. The van der Waals surface area contributed by atoms with Gasteiger partial charge in [-0.25, -0.2) is 4.98 Å². The van der Waals surface area contributed by atoms with Crippen LogP contribution in [0.3, 0.4) is 0 Å². The van der Waals surface area contributed by atoms with E-state index in [1.165, 1.54) is 0 Å². The summed E-state index contributed by atoms with van der Waals surface area (Å²) in [7, 11) is 0. The Labute approximate surface area is 61.9 Å². The Morgan fingerprint density at radius 1 is 1.40 bits per heavy atom. The van der Waals surface area contributed by atoms with Crippen LogP contribution in [0.15, 0.2) is 12.4 Å². The first-order chi connectivity index (χ1) is 4.52. The van der Waals surface area contributed by atoms with Crippen molar-refractivity contribution in [1.29, 1.82) is 0 Å². The van der Waals surface area contributed by atoms with E-state index in [-0.39, 0.29) is 5.54 Å². The van der Waals surface area contributed by atoms with Crippen molar-refractivity contribution >= 4 is 0 Å². The smallest absolute Gasteiger partial charge is 0.105 e. The predicted octanol–water partition coefficient (Wildman–Crippen LogP) is 1.95. The molecule has 0 N–H and O–H groups in total. The highest BCUT2D eigenvalue weighted by atomic mass is 15.1. The predicted molar refractivity (Wildman–Crippen MR) is 42.0 cm³/mol. The highest BCUT2D eigenvalue weighted by Crippen LogP contribution is 2.14. The van der Waals surface area contributed by atoms with E-state index in [9.17, 15) is 0 Å². The van der Waals surface area contributed by atoms with Gasteiger partial charge in [-0.3, -0.25) is 0 Å². The number of imidazole rings is 1. The van der Waals surface area contributed by atoms with Gasteiger partial charge in [-0.05, 0) is 27.7 Å². The third-order valence-electron chi connectivity index (χ3n) is 1.55. The van der Waals surface area contributed by atoms with E-state index in [1.807, 2.05) is 19.3 Å². The van der Waals surface area contributed by atoms with Gasteiger partial charge in [0.2, 0.25) is 0 Å². The summed E-state index contributed by atoms with van der Waals surface area (Å²) in [5.74, 6) is 1.08. The molecule has 1 rings (SSSR count). The van der Waals surface area contributed by atoms with E-state index in [4.69, 9.17) is 0 Å². The second-order valence-corrected chi connectivity index (χ2v) is 3.52. The molecule has 0 aromatic carbocycles. The molecule has 2 nitrogen and oxygen atoms in total. The summed E-state index contributed by atoms with van der Waals surface area (Å²) in [6.07, 6.45) is 3.84. The minimum absolute atomic E-state index is 0.167. The molecule has 0 saturated heterocycles. The van der Waals surface area contributed by atoms with Crippen molar-refractivity contribution in [2.75, 3.05) is 0 Å². The molecule has 0 atom stereocenters. The molecule has 0 unspecified atom stereocenters. The third kappa shape index (κ3) is 1.20. The summed E-state index contributed by atoms with van der Waals surface area (Å²) in [5, 5.41) is 0. The molecule has 0 aliphatic heterocycles. The zero-order chi connectivity index (χ0) is 7.78. The van der Waals surface area contributed by atoms with Gasteiger partial charge in [-0.2, -0.15) is 0 Å². The Hall–Kier alpha value is -0.790. The molecule has 1 aromatic heterocycles. The van der Waals surface area contributed by atoms with Gasteiger partial charge in [0.05, 0.1) is 0 Å². The van der Waals surface area contributed by atoms with Crippen molar-refractivity contribution in [3.8, 4) is 0 Å². The molecule has 2 heteroatoms. The van der Waals surface area contributed by atoms with Gasteiger partial charge in [-0.1, -0.05) is 0 Å². The summed E-state index contributed by atoms with van der Waals surface area (Å²) < 4.78 is 2.16. The van der Waals surface area contributed by atoms with Crippen LogP contribution in [-0.4, -0.2) is 9.55 Å². The van der Waals surface area contributed by atoms with Crippen LogP contribution in [0.25, 0.3) is 0 Å². The van der Waals surface area contributed by atoms with E-state index in [2.05, 4.69) is 30.3 Å². The average molecular weight is 138 g/mol. The summed E-state index contributed by atoms with van der Waals surface area (Å²) in [5.41, 5.74) is 0.167. The molecule has 1 heterocycles. The molecular formula is C8H14N2. The maximum absolute atomic E-state index is 4.15. The normalized spacial score (nSPS) is 12.0. The van der Waals surface area contributed by atoms with Gasteiger partial charge >= 0.3 is 0 Å². The van der Waals surface area contributed by atoms with Gasteiger partial charge < -0.3 is 4.57 Å². The summed E-state index contributed by atoms with van der Waals surface area (Å²) in [6, 6.07) is 0. The van der Waals surface area contributed by atoms with Crippen LogP contribution in [-0.2, 0) is 5.54 Å². The van der Waals surface area contributed by atoms with Crippen LogP contribution in [0.1, 0.15) is 26.6 Å². The van der Waals surface area contributed by atoms with E-state index >= 15 is 0 Å². The van der Waals surface area contributed by atoms with Crippen molar-refractivity contribution in [1.82, 2.24) is 9.55 Å². The molecule has 56 valence electrons. The lowest BCUT2D eigenvalue weighted by Gasteiger charge is -2.21. The van der Waals surface area contributed by atoms with Crippen LogP contribution in [0.5, 0.6) is 0 Å². The second kappa shape index (κ2) is 2.11. The first kappa shape index (κ1) is 7.32. The molecule has 10 heavy (non-hydrogen) atoms. The van der Waals surface area contributed by atoms with E-state index in [0.717, 1.165) is 5.82 Å². The van der Waals surface area contributed by atoms with Crippen LogP contribution in [0.4, 0.5) is 0 Å². The fraction of sp³-hybridized carbons (Fsp3) is 0.625. The number of aryl methyl sites for hydroxylation is 1. The summed E-state index contributed by atoms with van der Waals surface area (Å²) in [6.45, 7) is 8.52. The summed E-state index contributed by atoms with van der Waals surface area (Å²) in [4.78, 5) is 4.15. The van der Waals surface area contributed by atoms with Crippen LogP contribution < -0.4 is 0 Å². The second-order valence-electron chi connectivity index (χ2n) is 3.52. The van der Waals surface area contributed by atoms with Crippen molar-refractivity contribution in [2.24, 2.45) is 0 Å². The zero-order valence-electron chi connectivity index (χ0n) is 7.05. The lowest BCUT2D eigenvalue weighted by Crippen LogP contribution is -2.21. The molecule has 0 aliphatic rings. The maximum atomic E-state index is 4.15. The topological polar surface area (TPSA) is 17.8 Å². The molecule has 1 aromatic rings. The molecule has 0 radical (unpaired) electrons. The number of hydrogen-bond acceptors (Lipinski definition) is 1. The van der Waals surface area contributed by atoms with Crippen LogP contribution >= 0.6 is 0 Å². The highest BCUT2D eigenvalue weighted by molar-refractivity contribution is 4.94. The van der Waals surface area contributed by atoms with Gasteiger partial charge in [-0.15, -0.1) is 0 Å². The fourth-order valence-corrected chi connectivity index (χ4v) is 1.09. The third-order valence-corrected chi connectivity index (χ3v) is 1.55. The number of rotatable bonds is 0. The first-order valence-corrected chi connectivity index (χ1v) is 3.52. The van der Waals surface area contributed by atoms with E-state index < -0.39 is 0 Å². The molecule has 0 spiro atoms. The Balaban J connectivity index is 3.05. The van der Waals surface area contributed by atoms with E-state index in [1.54, 1.807) is 0 Å². The van der Waals surface area contributed by atoms with Crippen molar-refractivity contribution in [3.05, 3.63) is 18.2 Å². The Morgan fingerprint density at radius 3 is 2.20 bits per heavy atom. The van der Waals surface area contributed by atoms with Gasteiger partial charge in [0.15, 0.2) is 0 Å². The standard InChI is InChI=1S/C8H14N2/c1-7-9-5-6-10(7)8(2,3)4/h5-6H,1-4H3. The summed E-state index contributed by atoms with van der Waals surface area (Å²) >= 11 is 0. The maximum Gasteiger partial charge on any atom is 0.105 e. The molecule has 0 aliphatic carbocycles. The van der Waals surface area contributed by atoms with Crippen LogP contribution in [0, 0.1) is 6.92 Å². The fourth-order valence-electron chi connectivity index (χ4n) is 1.09. The molecule has 0 fully saturated rings. The molecule has 0 amide bonds. The average Bonchev–Trinajstić information content (AvgIpc) is 2.11. The van der Waals surface area contributed by atoms with Gasteiger partial charge in [0, 0.05) is 17.9 Å². The Bertz CT molecular complexity index is 217. The Kier molecular flexibility index (Phi) is 1.55. The molecule has 0 bridgehead atoms. The van der Waals surface area contributed by atoms with Gasteiger partial charge in [0.25, 0.3) is 0 Å². The molecule has 0 saturated carbocycles. The van der Waals surface area contributed by atoms with Crippen molar-refractivity contribution < 1.29 is 0 Å². The van der Waals surface area contributed by atoms with Gasteiger partial charge in [0.1, 0.15) is 5.82 Å². The largest absolute Gasteiger partial charge is 0.330 e. The first-order valence-electron chi connectivity index (χ1n) is 3.52. The monoisotopic (exact) mass is 138 g/mol. The lowest BCUT2D eigenvalue weighted by molar-refractivity contribution is 0.388. The SMILES string of the molecule is Cc1nccn1C(C)(C)C. The van der Waals surface area contributed by atoms with Crippen molar-refractivity contribution in [2.45, 2.75) is 33.2 Å². The highest BCUT2D eigenvalue weighted by Gasteiger charge is 2.13. The Morgan fingerprint density at radius 2 is 2.00 bits per heavy atom. The lowest BCUT2D eigenvalue weighted by atomic mass is 10.1. The quantitative estimate of drug-likeness (QED) is 0.535. The number of nitrogens with zero attached hydrogens (tertiary/aromatic N) is 2. The number of aromatic nitrogens is 2. The van der Waals surface area contributed by atoms with E-state index in [0.29, 0.717) is 0 Å². The van der Waals surface area contributed by atoms with Crippen LogP contribution in [0.2, 0.25) is 0 Å². The number of hydrogen-bond donors (Lipinski definition) is 0. The minimum Gasteiger partial charge on any atom is -0.330 e. The minimum atomic E-state index is 0.167. The zero-order valence-corrected chi connectivity index (χ0v) is 7.05.